The summed E-state index contributed by atoms with van der Waals surface area (Å²) in [6.45, 7) is 9.67. The van der Waals surface area contributed by atoms with Crippen LogP contribution < -0.4 is 0 Å². The molecule has 0 unspecified atom stereocenters. The summed E-state index contributed by atoms with van der Waals surface area (Å²) >= 11 is 0. The lowest BCUT2D eigenvalue weighted by Crippen LogP contribution is -2.17. The van der Waals surface area contributed by atoms with Crippen molar-refractivity contribution >= 4 is 54.4 Å². The van der Waals surface area contributed by atoms with Crippen LogP contribution in [-0.4, -0.2) is 9.13 Å². The number of rotatable bonds is 5. The molecule has 2 heteroatoms. The Balaban J connectivity index is 0.752. The summed E-state index contributed by atoms with van der Waals surface area (Å²) < 4.78 is 4.83. The standard InChI is InChI=1S/C70H50N2/c1-69(2)60-39-48(44-27-25-43(26-28-44)46-31-35-67-58(37-46)54-20-10-12-22-65(54)71(67)50-17-6-5-7-18-50)29-33-52(60)56-41-63-57(42-62(56)69)53-34-30-49(40-61(53)70(63,3)4)47-32-36-68-59(38-47)55-21-11-13-23-66(55)72(68)64-24-14-16-45-15-8-9-19-51(45)64/h5-42H,1-4H3. The van der Waals surface area contributed by atoms with Gasteiger partial charge in [-0.3, -0.25) is 0 Å². The van der Waals surface area contributed by atoms with Gasteiger partial charge in [0.15, 0.2) is 0 Å². The smallest absolute Gasteiger partial charge is 0.0541 e. The second kappa shape index (κ2) is 14.9. The third-order valence-electron chi connectivity index (χ3n) is 16.7. The van der Waals surface area contributed by atoms with Crippen molar-refractivity contribution in [2.75, 3.05) is 0 Å². The normalized spacial score (nSPS) is 14.1. The van der Waals surface area contributed by atoms with E-state index in [2.05, 4.69) is 267 Å². The minimum absolute atomic E-state index is 0.155. The van der Waals surface area contributed by atoms with Crippen LogP contribution in [0.2, 0.25) is 0 Å². The lowest BCUT2D eigenvalue weighted by Gasteiger charge is -2.24. The monoisotopic (exact) mass is 918 g/mol. The molecule has 2 aliphatic carbocycles. The molecule has 2 nitrogen and oxygen atoms in total. The van der Waals surface area contributed by atoms with E-state index in [4.69, 9.17) is 0 Å². The summed E-state index contributed by atoms with van der Waals surface area (Å²) in [6.07, 6.45) is 0. The van der Waals surface area contributed by atoms with Gasteiger partial charge in [0, 0.05) is 43.4 Å². The van der Waals surface area contributed by atoms with Gasteiger partial charge in [0.05, 0.1) is 27.8 Å². The predicted molar refractivity (Wildman–Crippen MR) is 304 cm³/mol. The summed E-state index contributed by atoms with van der Waals surface area (Å²) in [6, 6.07) is 86.3. The Morgan fingerprint density at radius 2 is 0.667 bits per heavy atom. The second-order valence-corrected chi connectivity index (χ2v) is 21.3. The van der Waals surface area contributed by atoms with Crippen LogP contribution in [0.3, 0.4) is 0 Å². The molecule has 0 radical (unpaired) electrons. The molecule has 0 bridgehead atoms. The molecule has 11 aromatic carbocycles. The van der Waals surface area contributed by atoms with Gasteiger partial charge in [0.2, 0.25) is 0 Å². The first-order chi connectivity index (χ1) is 35.2. The van der Waals surface area contributed by atoms with Gasteiger partial charge in [0.25, 0.3) is 0 Å². The van der Waals surface area contributed by atoms with E-state index in [9.17, 15) is 0 Å². The Kier molecular flexibility index (Phi) is 8.51. The SMILES string of the molecule is CC1(C)c2cc(-c3ccc(-c4ccc5c(c4)c4ccccc4n5-c4ccccc4)cc3)ccc2-c2cc3c(cc21)-c1ccc(-c2ccc4c(c2)c2ccccc2n4-c2cccc4ccccc24)cc1C3(C)C. The molecule has 2 heterocycles. The van der Waals surface area contributed by atoms with E-state index in [1.807, 2.05) is 0 Å². The van der Waals surface area contributed by atoms with E-state index in [1.165, 1.54) is 144 Å². The van der Waals surface area contributed by atoms with Crippen molar-refractivity contribution in [3.8, 4) is 67.0 Å². The molecule has 2 aromatic heterocycles. The second-order valence-electron chi connectivity index (χ2n) is 21.3. The third kappa shape index (κ3) is 5.78. The molecule has 0 spiro atoms. The van der Waals surface area contributed by atoms with E-state index in [0.29, 0.717) is 0 Å². The number of benzene rings is 11. The first-order valence-corrected chi connectivity index (χ1v) is 25.4. The fraction of sp³-hybridized carbons (Fsp3) is 0.0857. The summed E-state index contributed by atoms with van der Waals surface area (Å²) in [7, 11) is 0. The van der Waals surface area contributed by atoms with Crippen LogP contribution in [0.4, 0.5) is 0 Å². The maximum Gasteiger partial charge on any atom is 0.0541 e. The van der Waals surface area contributed by atoms with E-state index in [-0.39, 0.29) is 10.8 Å². The van der Waals surface area contributed by atoms with Gasteiger partial charge in [-0.15, -0.1) is 0 Å². The largest absolute Gasteiger partial charge is 0.309 e. The fourth-order valence-electron chi connectivity index (χ4n) is 13.0. The van der Waals surface area contributed by atoms with Crippen molar-refractivity contribution in [2.45, 2.75) is 38.5 Å². The zero-order valence-corrected chi connectivity index (χ0v) is 40.8. The number of hydrogen-bond acceptors (Lipinski definition) is 0. The molecule has 72 heavy (non-hydrogen) atoms. The molecule has 340 valence electrons. The highest BCUT2D eigenvalue weighted by molar-refractivity contribution is 6.12. The van der Waals surface area contributed by atoms with Crippen molar-refractivity contribution < 1.29 is 0 Å². The van der Waals surface area contributed by atoms with E-state index in [0.717, 1.165) is 0 Å². The van der Waals surface area contributed by atoms with Crippen molar-refractivity contribution in [3.05, 3.63) is 253 Å². The van der Waals surface area contributed by atoms with Crippen LogP contribution in [0, 0.1) is 0 Å². The Morgan fingerprint density at radius 1 is 0.264 bits per heavy atom. The number of fused-ring (bicyclic) bond motifs is 13. The molecule has 0 amide bonds. The van der Waals surface area contributed by atoms with Gasteiger partial charge in [-0.1, -0.05) is 179 Å². The molecule has 0 fully saturated rings. The maximum atomic E-state index is 2.54. The maximum absolute atomic E-state index is 2.54. The summed E-state index contributed by atoms with van der Waals surface area (Å²) in [5.41, 5.74) is 25.5. The van der Waals surface area contributed by atoms with Crippen molar-refractivity contribution in [2.24, 2.45) is 0 Å². The van der Waals surface area contributed by atoms with Gasteiger partial charge in [-0.05, 0) is 162 Å². The van der Waals surface area contributed by atoms with Crippen LogP contribution in [0.15, 0.2) is 231 Å². The quantitative estimate of drug-likeness (QED) is 0.163. The van der Waals surface area contributed by atoms with Gasteiger partial charge in [-0.2, -0.15) is 0 Å². The highest BCUT2D eigenvalue weighted by Gasteiger charge is 2.42. The highest BCUT2D eigenvalue weighted by atomic mass is 15.0. The number of hydrogen-bond donors (Lipinski definition) is 0. The first kappa shape index (κ1) is 41.1. The number of nitrogens with zero attached hydrogens (tertiary/aromatic N) is 2. The average molecular weight is 919 g/mol. The zero-order chi connectivity index (χ0) is 48.0. The van der Waals surface area contributed by atoms with Crippen LogP contribution in [0.5, 0.6) is 0 Å². The van der Waals surface area contributed by atoms with E-state index < -0.39 is 0 Å². The molecular formula is C70H50N2. The van der Waals surface area contributed by atoms with E-state index in [1.54, 1.807) is 0 Å². The van der Waals surface area contributed by atoms with Gasteiger partial charge >= 0.3 is 0 Å². The average Bonchev–Trinajstić information content (AvgIpc) is 4.08. The van der Waals surface area contributed by atoms with E-state index >= 15 is 0 Å². The Hall–Kier alpha value is -8.72. The molecule has 0 saturated heterocycles. The molecule has 0 aliphatic heterocycles. The first-order valence-electron chi connectivity index (χ1n) is 25.4. The lowest BCUT2D eigenvalue weighted by atomic mass is 9.79. The highest BCUT2D eigenvalue weighted by Crippen LogP contribution is 2.57. The summed E-state index contributed by atoms with van der Waals surface area (Å²) in [5.74, 6) is 0. The van der Waals surface area contributed by atoms with Crippen molar-refractivity contribution in [1.29, 1.82) is 0 Å². The van der Waals surface area contributed by atoms with Crippen molar-refractivity contribution in [3.63, 3.8) is 0 Å². The van der Waals surface area contributed by atoms with Crippen LogP contribution >= 0.6 is 0 Å². The third-order valence-corrected chi connectivity index (χ3v) is 16.7. The fourth-order valence-corrected chi connectivity index (χ4v) is 13.0. The van der Waals surface area contributed by atoms with Crippen LogP contribution in [0.1, 0.15) is 49.9 Å². The molecule has 15 rings (SSSR count). The summed E-state index contributed by atoms with van der Waals surface area (Å²) in [4.78, 5) is 0. The minimum atomic E-state index is -0.164. The molecule has 13 aromatic rings. The Bertz CT molecular complexity index is 4420. The molecule has 2 aliphatic rings. The Morgan fingerprint density at radius 3 is 1.26 bits per heavy atom. The van der Waals surface area contributed by atoms with Crippen LogP contribution in [0.25, 0.3) is 121 Å². The minimum Gasteiger partial charge on any atom is -0.309 e. The molecule has 0 N–H and O–H groups in total. The number of aromatic nitrogens is 2. The molecule has 0 saturated carbocycles. The van der Waals surface area contributed by atoms with Crippen LogP contribution in [-0.2, 0) is 10.8 Å². The topological polar surface area (TPSA) is 9.86 Å². The summed E-state index contributed by atoms with van der Waals surface area (Å²) in [5, 5.41) is 7.59. The molecular weight excluding hydrogens is 869 g/mol. The molecule has 0 atom stereocenters. The van der Waals surface area contributed by atoms with Crippen molar-refractivity contribution in [1.82, 2.24) is 9.13 Å². The van der Waals surface area contributed by atoms with Gasteiger partial charge < -0.3 is 9.13 Å². The number of para-hydroxylation sites is 3. The lowest BCUT2D eigenvalue weighted by molar-refractivity contribution is 0.652. The predicted octanol–water partition coefficient (Wildman–Crippen LogP) is 18.6. The van der Waals surface area contributed by atoms with Gasteiger partial charge in [-0.25, -0.2) is 0 Å². The zero-order valence-electron chi connectivity index (χ0n) is 40.8. The Labute approximate surface area is 419 Å². The van der Waals surface area contributed by atoms with Gasteiger partial charge in [0.1, 0.15) is 0 Å².